The molecule has 0 amide bonds. The molecule has 0 radical (unpaired) electrons. The van der Waals surface area contributed by atoms with E-state index in [4.69, 9.17) is 9.05 Å². The van der Waals surface area contributed by atoms with Gasteiger partial charge in [-0.05, 0) is 41.2 Å². The maximum Gasteiger partial charge on any atom is 0.435 e. The molecule has 2 aromatic carbocycles. The monoisotopic (exact) mass is 442 g/mol. The standard InChI is InChI=1S/C27H39O3P/c1-17-12-18(2)23-19(13-17)16-31(28,29-23)30-24-21(26(6,7)8)14-20(25(3,4)5)15-22(24)27(9,10)11/h12-15H,16H2,1-11H3. The lowest BCUT2D eigenvalue weighted by atomic mass is 9.75. The third-order valence-electron chi connectivity index (χ3n) is 5.89. The Hall–Kier alpha value is -1.73. The van der Waals surface area contributed by atoms with Crippen molar-refractivity contribution >= 4 is 7.60 Å². The molecule has 0 saturated heterocycles. The van der Waals surface area contributed by atoms with E-state index in [1.165, 1.54) is 5.56 Å². The molecule has 0 bridgehead atoms. The van der Waals surface area contributed by atoms with Crippen LogP contribution < -0.4 is 9.05 Å². The van der Waals surface area contributed by atoms with Crippen LogP contribution in [0.25, 0.3) is 0 Å². The molecule has 3 rings (SSSR count). The maximum atomic E-state index is 13.9. The number of rotatable bonds is 2. The Kier molecular flexibility index (Phi) is 5.72. The van der Waals surface area contributed by atoms with E-state index in [2.05, 4.69) is 93.5 Å². The molecule has 4 heteroatoms. The average molecular weight is 443 g/mol. The van der Waals surface area contributed by atoms with E-state index in [9.17, 15) is 4.57 Å². The molecule has 0 aliphatic carbocycles. The lowest BCUT2D eigenvalue weighted by Gasteiger charge is -2.33. The zero-order valence-electron chi connectivity index (χ0n) is 21.2. The molecule has 3 nitrogen and oxygen atoms in total. The highest BCUT2D eigenvalue weighted by atomic mass is 31.2. The van der Waals surface area contributed by atoms with Crippen LogP contribution in [0, 0.1) is 13.8 Å². The van der Waals surface area contributed by atoms with Gasteiger partial charge in [0.15, 0.2) is 0 Å². The molecule has 2 aromatic rings. The van der Waals surface area contributed by atoms with Crippen molar-refractivity contribution < 1.29 is 13.6 Å². The molecule has 31 heavy (non-hydrogen) atoms. The van der Waals surface area contributed by atoms with E-state index in [0.717, 1.165) is 39.3 Å². The predicted molar refractivity (Wildman–Crippen MR) is 131 cm³/mol. The summed E-state index contributed by atoms with van der Waals surface area (Å²) >= 11 is 0. The van der Waals surface area contributed by atoms with Crippen molar-refractivity contribution in [2.45, 2.75) is 98.6 Å². The predicted octanol–water partition coefficient (Wildman–Crippen LogP) is 8.36. The quantitative estimate of drug-likeness (QED) is 0.438. The third kappa shape index (κ3) is 4.87. The van der Waals surface area contributed by atoms with Crippen LogP contribution in [0.4, 0.5) is 0 Å². The van der Waals surface area contributed by atoms with Crippen LogP contribution in [0.1, 0.15) is 95.7 Å². The van der Waals surface area contributed by atoms with Gasteiger partial charge in [-0.25, -0.2) is 4.57 Å². The molecule has 1 aliphatic rings. The summed E-state index contributed by atoms with van der Waals surface area (Å²) in [6.07, 6.45) is 0.305. The van der Waals surface area contributed by atoms with Crippen molar-refractivity contribution in [3.8, 4) is 11.5 Å². The van der Waals surface area contributed by atoms with Crippen molar-refractivity contribution in [3.05, 3.63) is 57.6 Å². The summed E-state index contributed by atoms with van der Waals surface area (Å²) in [5.74, 6) is 1.44. The third-order valence-corrected chi connectivity index (χ3v) is 7.54. The molecule has 0 saturated carbocycles. The Bertz CT molecular complexity index is 1020. The number of hydrogen-bond acceptors (Lipinski definition) is 3. The maximum absolute atomic E-state index is 13.9. The molecule has 0 spiro atoms. The first kappa shape index (κ1) is 23.9. The first-order chi connectivity index (χ1) is 13.9. The van der Waals surface area contributed by atoms with Gasteiger partial charge in [0, 0.05) is 16.7 Å². The summed E-state index contributed by atoms with van der Waals surface area (Å²) in [5.41, 5.74) is 6.19. The molecule has 0 N–H and O–H groups in total. The molecule has 1 aliphatic heterocycles. The summed E-state index contributed by atoms with van der Waals surface area (Å²) in [5, 5.41) is 0. The van der Waals surface area contributed by atoms with E-state index >= 15 is 0 Å². The summed E-state index contributed by atoms with van der Waals surface area (Å²) in [6.45, 7) is 23.8. The van der Waals surface area contributed by atoms with Gasteiger partial charge >= 0.3 is 7.60 Å². The number of fused-ring (bicyclic) bond motifs is 1. The SMILES string of the molecule is Cc1cc(C)c2c(c1)CP(=O)(Oc1c(C(C)(C)C)cc(C(C)(C)C)cc1C(C)(C)C)O2. The largest absolute Gasteiger partial charge is 0.435 e. The Labute approximate surface area is 189 Å². The van der Waals surface area contributed by atoms with Crippen molar-refractivity contribution in [1.82, 2.24) is 0 Å². The minimum absolute atomic E-state index is 0.00242. The first-order valence-electron chi connectivity index (χ1n) is 11.2. The van der Waals surface area contributed by atoms with Gasteiger partial charge in [0.25, 0.3) is 0 Å². The summed E-state index contributed by atoms with van der Waals surface area (Å²) < 4.78 is 26.4. The van der Waals surface area contributed by atoms with Crippen LogP contribution in [-0.2, 0) is 27.0 Å². The van der Waals surface area contributed by atoms with Crippen LogP contribution in [-0.4, -0.2) is 0 Å². The van der Waals surface area contributed by atoms with Crippen LogP contribution in [0.2, 0.25) is 0 Å². The number of benzene rings is 2. The van der Waals surface area contributed by atoms with Crippen molar-refractivity contribution in [2.75, 3.05) is 0 Å². The molecular weight excluding hydrogens is 403 g/mol. The van der Waals surface area contributed by atoms with Crippen molar-refractivity contribution in [3.63, 3.8) is 0 Å². The summed E-state index contributed by atoms with van der Waals surface area (Å²) in [7, 11) is -3.37. The van der Waals surface area contributed by atoms with Crippen molar-refractivity contribution in [1.29, 1.82) is 0 Å². The lowest BCUT2D eigenvalue weighted by molar-refractivity contribution is 0.383. The normalized spacial score (nSPS) is 19.2. The summed E-state index contributed by atoms with van der Waals surface area (Å²) in [4.78, 5) is 0. The van der Waals surface area contributed by atoms with E-state index in [0.29, 0.717) is 6.16 Å². The van der Waals surface area contributed by atoms with E-state index < -0.39 is 7.60 Å². The average Bonchev–Trinajstić information content (AvgIpc) is 2.88. The second kappa shape index (κ2) is 7.41. The second-order valence-electron chi connectivity index (χ2n) is 12.2. The van der Waals surface area contributed by atoms with Gasteiger partial charge in [0.05, 0.1) is 0 Å². The minimum atomic E-state index is -3.37. The van der Waals surface area contributed by atoms with Crippen LogP contribution in [0.3, 0.4) is 0 Å². The van der Waals surface area contributed by atoms with E-state index in [1.54, 1.807) is 0 Å². The number of aryl methyl sites for hydroxylation is 2. The van der Waals surface area contributed by atoms with Gasteiger partial charge in [-0.3, -0.25) is 0 Å². The zero-order chi connectivity index (χ0) is 23.6. The van der Waals surface area contributed by atoms with E-state index in [1.807, 2.05) is 6.92 Å². The molecular formula is C27H39O3P. The van der Waals surface area contributed by atoms with E-state index in [-0.39, 0.29) is 16.2 Å². The van der Waals surface area contributed by atoms with Crippen LogP contribution in [0.15, 0.2) is 24.3 Å². The Balaban J connectivity index is 2.19. The smallest absolute Gasteiger partial charge is 0.415 e. The molecule has 170 valence electrons. The van der Waals surface area contributed by atoms with Gasteiger partial charge < -0.3 is 9.05 Å². The zero-order valence-corrected chi connectivity index (χ0v) is 22.1. The van der Waals surface area contributed by atoms with Crippen LogP contribution >= 0.6 is 7.60 Å². The fraction of sp³-hybridized carbons (Fsp3) is 0.556. The highest BCUT2D eigenvalue weighted by Crippen LogP contribution is 2.61. The highest BCUT2D eigenvalue weighted by Gasteiger charge is 2.41. The Morgan fingerprint density at radius 2 is 1.32 bits per heavy atom. The Morgan fingerprint density at radius 3 is 1.77 bits per heavy atom. The minimum Gasteiger partial charge on any atom is -0.415 e. The Morgan fingerprint density at radius 1 is 0.806 bits per heavy atom. The molecule has 0 aromatic heterocycles. The van der Waals surface area contributed by atoms with Gasteiger partial charge in [-0.2, -0.15) is 0 Å². The van der Waals surface area contributed by atoms with Gasteiger partial charge in [-0.15, -0.1) is 0 Å². The van der Waals surface area contributed by atoms with Crippen molar-refractivity contribution in [2.24, 2.45) is 0 Å². The molecule has 1 unspecified atom stereocenters. The highest BCUT2D eigenvalue weighted by molar-refractivity contribution is 7.54. The van der Waals surface area contributed by atoms with Gasteiger partial charge in [0.1, 0.15) is 17.7 Å². The number of hydrogen-bond donors (Lipinski definition) is 0. The molecule has 0 fully saturated rings. The fourth-order valence-corrected chi connectivity index (χ4v) is 5.97. The second-order valence-corrected chi connectivity index (χ2v) is 14.1. The molecule has 1 atom stereocenters. The molecule has 1 heterocycles. The van der Waals surface area contributed by atoms with Gasteiger partial charge in [0.2, 0.25) is 0 Å². The lowest BCUT2D eigenvalue weighted by Crippen LogP contribution is -2.23. The summed E-state index contributed by atoms with van der Waals surface area (Å²) in [6, 6.07) is 8.59. The fourth-order valence-electron chi connectivity index (χ4n) is 4.13. The topological polar surface area (TPSA) is 35.5 Å². The first-order valence-corrected chi connectivity index (χ1v) is 12.9. The van der Waals surface area contributed by atoms with Crippen LogP contribution in [0.5, 0.6) is 11.5 Å². The van der Waals surface area contributed by atoms with Gasteiger partial charge in [-0.1, -0.05) is 92.1 Å².